The van der Waals surface area contributed by atoms with Crippen molar-refractivity contribution in [1.82, 2.24) is 15.1 Å². The van der Waals surface area contributed by atoms with E-state index in [0.29, 0.717) is 5.92 Å². The number of carbonyl (C=O) groups excluding carboxylic acids is 2. The number of benzene rings is 1. The SMILES string of the molecule is CC1CN(Cc2ccccc2)CCC1N1C(=O)CNC1=O. The summed E-state index contributed by atoms with van der Waals surface area (Å²) in [5.74, 6) is 0.212. The second-order valence-corrected chi connectivity index (χ2v) is 5.98. The van der Waals surface area contributed by atoms with Crippen molar-refractivity contribution in [3.8, 4) is 0 Å². The van der Waals surface area contributed by atoms with Crippen LogP contribution in [0.15, 0.2) is 30.3 Å². The Hall–Kier alpha value is -1.88. The van der Waals surface area contributed by atoms with Crippen LogP contribution in [0.5, 0.6) is 0 Å². The van der Waals surface area contributed by atoms with Crippen molar-refractivity contribution in [2.75, 3.05) is 19.6 Å². The molecule has 5 nitrogen and oxygen atoms in total. The van der Waals surface area contributed by atoms with Gasteiger partial charge in [-0.05, 0) is 17.9 Å². The van der Waals surface area contributed by atoms with Crippen LogP contribution in [0, 0.1) is 5.92 Å². The third-order valence-electron chi connectivity index (χ3n) is 4.40. The molecule has 21 heavy (non-hydrogen) atoms. The van der Waals surface area contributed by atoms with Crippen LogP contribution in [-0.2, 0) is 11.3 Å². The normalized spacial score (nSPS) is 27.0. The van der Waals surface area contributed by atoms with E-state index in [9.17, 15) is 9.59 Å². The Bertz CT molecular complexity index is 516. The average Bonchev–Trinajstić information content (AvgIpc) is 2.80. The molecule has 1 aromatic rings. The largest absolute Gasteiger partial charge is 0.329 e. The zero-order valence-corrected chi connectivity index (χ0v) is 12.3. The van der Waals surface area contributed by atoms with Crippen LogP contribution < -0.4 is 5.32 Å². The fraction of sp³-hybridized carbons (Fsp3) is 0.500. The molecule has 0 aliphatic carbocycles. The van der Waals surface area contributed by atoms with Crippen LogP contribution in [0.2, 0.25) is 0 Å². The number of nitrogens with zero attached hydrogens (tertiary/aromatic N) is 2. The molecule has 1 N–H and O–H groups in total. The monoisotopic (exact) mass is 287 g/mol. The predicted octanol–water partition coefficient (Wildman–Crippen LogP) is 1.45. The summed E-state index contributed by atoms with van der Waals surface area (Å²) in [6.45, 7) is 5.03. The van der Waals surface area contributed by atoms with Gasteiger partial charge in [-0.25, -0.2) is 4.79 Å². The standard InChI is InChI=1S/C16H21N3O2/c1-12-10-18(11-13-5-3-2-4-6-13)8-7-14(12)19-15(20)9-17-16(19)21/h2-6,12,14H,7-11H2,1H3,(H,17,21). The van der Waals surface area contributed by atoms with E-state index in [2.05, 4.69) is 41.4 Å². The van der Waals surface area contributed by atoms with Crippen LogP contribution in [-0.4, -0.2) is 47.4 Å². The topological polar surface area (TPSA) is 52.6 Å². The summed E-state index contributed by atoms with van der Waals surface area (Å²) in [4.78, 5) is 27.4. The van der Waals surface area contributed by atoms with Crippen LogP contribution in [0.1, 0.15) is 18.9 Å². The molecule has 2 aliphatic heterocycles. The van der Waals surface area contributed by atoms with Gasteiger partial charge in [0, 0.05) is 25.7 Å². The molecule has 0 saturated carbocycles. The molecular formula is C16H21N3O2. The lowest BCUT2D eigenvalue weighted by Gasteiger charge is -2.40. The van der Waals surface area contributed by atoms with Crippen molar-refractivity contribution in [2.45, 2.75) is 25.9 Å². The Labute approximate surface area is 124 Å². The molecule has 3 amide bonds. The van der Waals surface area contributed by atoms with E-state index < -0.39 is 0 Å². The van der Waals surface area contributed by atoms with Gasteiger partial charge >= 0.3 is 6.03 Å². The van der Waals surface area contributed by atoms with Crippen molar-refractivity contribution in [1.29, 1.82) is 0 Å². The van der Waals surface area contributed by atoms with Gasteiger partial charge in [0.25, 0.3) is 0 Å². The van der Waals surface area contributed by atoms with E-state index in [1.54, 1.807) is 0 Å². The number of hydrogen-bond donors (Lipinski definition) is 1. The Morgan fingerprint density at radius 3 is 2.62 bits per heavy atom. The summed E-state index contributed by atoms with van der Waals surface area (Å²) in [6.07, 6.45) is 0.854. The first-order valence-electron chi connectivity index (χ1n) is 7.51. The Morgan fingerprint density at radius 1 is 1.24 bits per heavy atom. The van der Waals surface area contributed by atoms with E-state index in [-0.39, 0.29) is 24.5 Å². The van der Waals surface area contributed by atoms with Gasteiger partial charge in [-0.15, -0.1) is 0 Å². The minimum absolute atomic E-state index is 0.0343. The number of likely N-dealkylation sites (tertiary alicyclic amines) is 1. The van der Waals surface area contributed by atoms with Crippen molar-refractivity contribution >= 4 is 11.9 Å². The molecule has 2 atom stereocenters. The molecule has 112 valence electrons. The number of hydrogen-bond acceptors (Lipinski definition) is 3. The molecule has 2 heterocycles. The zero-order valence-electron chi connectivity index (χ0n) is 12.3. The van der Waals surface area contributed by atoms with Gasteiger partial charge in [0.05, 0.1) is 6.54 Å². The Kier molecular flexibility index (Phi) is 3.92. The maximum Gasteiger partial charge on any atom is 0.324 e. The molecule has 3 rings (SSSR count). The third kappa shape index (κ3) is 2.93. The van der Waals surface area contributed by atoms with Gasteiger partial charge in [0.2, 0.25) is 5.91 Å². The first-order valence-corrected chi connectivity index (χ1v) is 7.51. The fourth-order valence-corrected chi connectivity index (χ4v) is 3.36. The lowest BCUT2D eigenvalue weighted by Crippen LogP contribution is -2.52. The van der Waals surface area contributed by atoms with Crippen molar-refractivity contribution in [2.24, 2.45) is 5.92 Å². The predicted molar refractivity (Wildman–Crippen MR) is 79.5 cm³/mol. The molecule has 5 heteroatoms. The summed E-state index contributed by atoms with van der Waals surface area (Å²) in [5.41, 5.74) is 1.30. The second kappa shape index (κ2) is 5.85. The number of amides is 3. The first-order chi connectivity index (χ1) is 10.1. The zero-order chi connectivity index (χ0) is 14.8. The number of piperidine rings is 1. The van der Waals surface area contributed by atoms with Gasteiger partial charge in [-0.2, -0.15) is 0 Å². The van der Waals surface area contributed by atoms with Crippen LogP contribution >= 0.6 is 0 Å². The number of carbonyl (C=O) groups is 2. The van der Waals surface area contributed by atoms with E-state index in [4.69, 9.17) is 0 Å². The molecule has 2 saturated heterocycles. The van der Waals surface area contributed by atoms with Gasteiger partial charge in [-0.1, -0.05) is 37.3 Å². The Balaban J connectivity index is 1.62. The van der Waals surface area contributed by atoms with Crippen LogP contribution in [0.3, 0.4) is 0 Å². The van der Waals surface area contributed by atoms with E-state index in [1.165, 1.54) is 10.5 Å². The quantitative estimate of drug-likeness (QED) is 0.856. The lowest BCUT2D eigenvalue weighted by atomic mass is 9.92. The highest BCUT2D eigenvalue weighted by Gasteiger charge is 2.39. The average molecular weight is 287 g/mol. The van der Waals surface area contributed by atoms with Crippen LogP contribution in [0.4, 0.5) is 4.79 Å². The summed E-state index contributed by atoms with van der Waals surface area (Å²) < 4.78 is 0. The molecule has 0 spiro atoms. The first kappa shape index (κ1) is 14.1. The maximum atomic E-state index is 11.8. The second-order valence-electron chi connectivity index (χ2n) is 5.98. The van der Waals surface area contributed by atoms with Gasteiger partial charge in [-0.3, -0.25) is 14.6 Å². The molecular weight excluding hydrogens is 266 g/mol. The maximum absolute atomic E-state index is 11.8. The van der Waals surface area contributed by atoms with Gasteiger partial charge < -0.3 is 5.32 Å². The van der Waals surface area contributed by atoms with Crippen LogP contribution in [0.25, 0.3) is 0 Å². The van der Waals surface area contributed by atoms with Crippen molar-refractivity contribution in [3.63, 3.8) is 0 Å². The lowest BCUT2D eigenvalue weighted by molar-refractivity contribution is -0.128. The van der Waals surface area contributed by atoms with Gasteiger partial charge in [0.1, 0.15) is 0 Å². The third-order valence-corrected chi connectivity index (χ3v) is 4.40. The molecule has 1 aromatic carbocycles. The molecule has 0 bridgehead atoms. The smallest absolute Gasteiger partial charge is 0.324 e. The van der Waals surface area contributed by atoms with Gasteiger partial charge in [0.15, 0.2) is 0 Å². The summed E-state index contributed by atoms with van der Waals surface area (Å²) in [6, 6.07) is 10.2. The molecule has 0 radical (unpaired) electrons. The van der Waals surface area contributed by atoms with Crippen molar-refractivity contribution < 1.29 is 9.59 Å². The molecule has 0 aromatic heterocycles. The summed E-state index contributed by atoms with van der Waals surface area (Å²) >= 11 is 0. The molecule has 2 fully saturated rings. The minimum atomic E-state index is -0.228. The highest BCUT2D eigenvalue weighted by atomic mass is 16.2. The molecule has 2 aliphatic rings. The highest BCUT2D eigenvalue weighted by molar-refractivity contribution is 6.02. The Morgan fingerprint density at radius 2 is 2.00 bits per heavy atom. The number of urea groups is 1. The summed E-state index contributed by atoms with van der Waals surface area (Å²) in [5, 5.41) is 2.61. The fourth-order valence-electron chi connectivity index (χ4n) is 3.36. The number of rotatable bonds is 3. The van der Waals surface area contributed by atoms with E-state index in [1.807, 2.05) is 6.07 Å². The number of imide groups is 1. The molecule has 2 unspecified atom stereocenters. The van der Waals surface area contributed by atoms with E-state index in [0.717, 1.165) is 26.1 Å². The van der Waals surface area contributed by atoms with Crippen molar-refractivity contribution in [3.05, 3.63) is 35.9 Å². The minimum Gasteiger partial charge on any atom is -0.329 e. The highest BCUT2D eigenvalue weighted by Crippen LogP contribution is 2.25. The summed E-state index contributed by atoms with van der Waals surface area (Å²) in [7, 11) is 0. The van der Waals surface area contributed by atoms with E-state index >= 15 is 0 Å². The number of nitrogens with one attached hydrogen (secondary N) is 1.